The number of allylic oxidation sites excluding steroid dienone is 4. The van der Waals surface area contributed by atoms with Gasteiger partial charge < -0.3 is 14.6 Å². The summed E-state index contributed by atoms with van der Waals surface area (Å²) in [6, 6.07) is 0. The Morgan fingerprint density at radius 2 is 1.00 bits per heavy atom. The third-order valence-corrected chi connectivity index (χ3v) is 7.73. The molecule has 0 aromatic rings. The van der Waals surface area contributed by atoms with E-state index in [-0.39, 0.29) is 25.2 Å². The van der Waals surface area contributed by atoms with Crippen LogP contribution >= 0.6 is 0 Å². The summed E-state index contributed by atoms with van der Waals surface area (Å²) in [6.07, 6.45) is 38.0. The van der Waals surface area contributed by atoms with Crippen LogP contribution in [0.5, 0.6) is 0 Å². The van der Waals surface area contributed by atoms with Gasteiger partial charge in [-0.3, -0.25) is 9.59 Å². The largest absolute Gasteiger partial charge is 0.462 e. The molecule has 1 N–H and O–H groups in total. The highest BCUT2D eigenvalue weighted by molar-refractivity contribution is 5.70. The van der Waals surface area contributed by atoms with Gasteiger partial charge in [0.1, 0.15) is 6.61 Å². The molecule has 0 aliphatic carbocycles. The summed E-state index contributed by atoms with van der Waals surface area (Å²) in [4.78, 5) is 24.1. The van der Waals surface area contributed by atoms with Crippen molar-refractivity contribution in [1.29, 1.82) is 0 Å². The molecule has 0 bridgehead atoms. The van der Waals surface area contributed by atoms with Crippen molar-refractivity contribution in [1.82, 2.24) is 0 Å². The zero-order valence-corrected chi connectivity index (χ0v) is 27.8. The number of hydrogen-bond donors (Lipinski definition) is 1. The summed E-state index contributed by atoms with van der Waals surface area (Å²) in [6.45, 7) is 4.06. The Kier molecular flexibility index (Phi) is 32.6. The molecule has 1 atom stereocenters. The lowest BCUT2D eigenvalue weighted by Gasteiger charge is -2.15. The second-order valence-corrected chi connectivity index (χ2v) is 12.0. The van der Waals surface area contributed by atoms with Crippen molar-refractivity contribution in [2.24, 2.45) is 0 Å². The lowest BCUT2D eigenvalue weighted by molar-refractivity contribution is -0.161. The second kappa shape index (κ2) is 33.9. The van der Waals surface area contributed by atoms with Crippen LogP contribution in [0.3, 0.4) is 0 Å². The van der Waals surface area contributed by atoms with Crippen LogP contribution in [-0.4, -0.2) is 36.4 Å². The van der Waals surface area contributed by atoms with E-state index in [1.165, 1.54) is 96.3 Å². The molecule has 1 unspecified atom stereocenters. The van der Waals surface area contributed by atoms with Gasteiger partial charge in [-0.1, -0.05) is 154 Å². The molecule has 0 aromatic heterocycles. The Balaban J connectivity index is 3.56. The number of hydrogen-bond acceptors (Lipinski definition) is 5. The molecule has 0 aromatic carbocycles. The standard InChI is InChI=1S/C37H68O5/c1-3-5-7-9-11-13-15-17-18-20-21-23-25-27-29-31-36(39)41-34-35(33-38)42-37(40)32-30-28-26-24-22-19-16-14-12-10-8-6-4-2/h8,10,14,16,35,38H,3-7,9,11-13,15,17-34H2,1-2H3/b10-8-,16-14-. The number of carbonyl (C=O) groups excluding carboxylic acids is 2. The average Bonchev–Trinajstić information content (AvgIpc) is 2.99. The van der Waals surface area contributed by atoms with Gasteiger partial charge in [0, 0.05) is 12.8 Å². The number of carbonyl (C=O) groups is 2. The molecule has 0 amide bonds. The Hall–Kier alpha value is -1.62. The third kappa shape index (κ3) is 31.3. The first-order valence-corrected chi connectivity index (χ1v) is 17.9. The van der Waals surface area contributed by atoms with E-state index in [2.05, 4.69) is 38.2 Å². The average molecular weight is 593 g/mol. The zero-order chi connectivity index (χ0) is 30.8. The number of unbranched alkanes of at least 4 members (excludes halogenated alkanes) is 20. The first kappa shape index (κ1) is 40.4. The summed E-state index contributed by atoms with van der Waals surface area (Å²) in [5, 5.41) is 9.51. The molecule has 5 nitrogen and oxygen atoms in total. The quantitative estimate of drug-likeness (QED) is 0.0478. The van der Waals surface area contributed by atoms with Crippen molar-refractivity contribution in [2.75, 3.05) is 13.2 Å². The Labute approximate surface area is 260 Å². The van der Waals surface area contributed by atoms with E-state index in [0.717, 1.165) is 57.8 Å². The fraction of sp³-hybridized carbons (Fsp3) is 0.838. The molecule has 0 spiro atoms. The summed E-state index contributed by atoms with van der Waals surface area (Å²) in [5.74, 6) is -0.603. The minimum Gasteiger partial charge on any atom is -0.462 e. The van der Waals surface area contributed by atoms with Crippen LogP contribution in [-0.2, 0) is 19.1 Å². The number of aliphatic hydroxyl groups excluding tert-OH is 1. The predicted octanol–water partition coefficient (Wildman–Crippen LogP) is 10.7. The molecule has 0 radical (unpaired) electrons. The van der Waals surface area contributed by atoms with Crippen molar-refractivity contribution in [3.63, 3.8) is 0 Å². The molecule has 0 fully saturated rings. The predicted molar refractivity (Wildman–Crippen MR) is 178 cm³/mol. The highest BCUT2D eigenvalue weighted by atomic mass is 16.6. The van der Waals surface area contributed by atoms with E-state index in [4.69, 9.17) is 9.47 Å². The maximum Gasteiger partial charge on any atom is 0.306 e. The van der Waals surface area contributed by atoms with Gasteiger partial charge in [-0.05, 0) is 38.5 Å². The molecule has 0 rings (SSSR count). The molecule has 246 valence electrons. The van der Waals surface area contributed by atoms with E-state index in [1.54, 1.807) is 0 Å². The van der Waals surface area contributed by atoms with E-state index in [1.807, 2.05) is 0 Å². The fourth-order valence-electron chi connectivity index (χ4n) is 5.00. The minimum absolute atomic E-state index is 0.0677. The third-order valence-electron chi connectivity index (χ3n) is 7.73. The van der Waals surface area contributed by atoms with Crippen LogP contribution in [0, 0.1) is 0 Å². The number of esters is 2. The molecule has 42 heavy (non-hydrogen) atoms. The topological polar surface area (TPSA) is 72.8 Å². The maximum atomic E-state index is 12.1. The minimum atomic E-state index is -0.772. The van der Waals surface area contributed by atoms with E-state index in [9.17, 15) is 14.7 Å². The van der Waals surface area contributed by atoms with E-state index < -0.39 is 6.10 Å². The number of ether oxygens (including phenoxy) is 2. The van der Waals surface area contributed by atoms with Gasteiger partial charge >= 0.3 is 11.9 Å². The van der Waals surface area contributed by atoms with Crippen LogP contribution in [0.2, 0.25) is 0 Å². The van der Waals surface area contributed by atoms with Crippen molar-refractivity contribution >= 4 is 11.9 Å². The van der Waals surface area contributed by atoms with Crippen LogP contribution in [0.15, 0.2) is 24.3 Å². The van der Waals surface area contributed by atoms with Gasteiger partial charge in [0.05, 0.1) is 6.61 Å². The highest BCUT2D eigenvalue weighted by Crippen LogP contribution is 2.14. The van der Waals surface area contributed by atoms with E-state index >= 15 is 0 Å². The molecule has 5 heteroatoms. The van der Waals surface area contributed by atoms with Crippen LogP contribution in [0.4, 0.5) is 0 Å². The number of aliphatic hydroxyl groups is 1. The smallest absolute Gasteiger partial charge is 0.306 e. The van der Waals surface area contributed by atoms with Gasteiger partial charge in [-0.2, -0.15) is 0 Å². The molecular weight excluding hydrogens is 524 g/mol. The molecule has 0 saturated heterocycles. The Morgan fingerprint density at radius 3 is 1.50 bits per heavy atom. The van der Waals surface area contributed by atoms with Crippen LogP contribution in [0.25, 0.3) is 0 Å². The van der Waals surface area contributed by atoms with Crippen molar-refractivity contribution in [2.45, 2.75) is 187 Å². The van der Waals surface area contributed by atoms with Gasteiger partial charge in [0.2, 0.25) is 0 Å². The number of rotatable bonds is 32. The van der Waals surface area contributed by atoms with Gasteiger partial charge in [-0.15, -0.1) is 0 Å². The lowest BCUT2D eigenvalue weighted by atomic mass is 10.0. The van der Waals surface area contributed by atoms with Gasteiger partial charge in [0.15, 0.2) is 6.10 Å². The van der Waals surface area contributed by atoms with Crippen molar-refractivity contribution in [3.8, 4) is 0 Å². The van der Waals surface area contributed by atoms with E-state index in [0.29, 0.717) is 12.8 Å². The SMILES string of the molecule is CCC/C=C\C/C=C\CCCCCCCC(=O)OC(CO)COC(=O)CCCCCCCCCCCCCCCCC. The summed E-state index contributed by atoms with van der Waals surface area (Å²) in [7, 11) is 0. The Morgan fingerprint density at radius 1 is 0.548 bits per heavy atom. The first-order valence-electron chi connectivity index (χ1n) is 17.9. The molecule has 0 saturated carbocycles. The normalized spacial score (nSPS) is 12.4. The molecule has 0 aliphatic heterocycles. The first-order chi connectivity index (χ1) is 20.6. The fourth-order valence-corrected chi connectivity index (χ4v) is 5.00. The highest BCUT2D eigenvalue weighted by Gasteiger charge is 2.16. The van der Waals surface area contributed by atoms with Gasteiger partial charge in [-0.25, -0.2) is 0 Å². The monoisotopic (exact) mass is 593 g/mol. The molecular formula is C37H68O5. The maximum absolute atomic E-state index is 12.1. The Bertz CT molecular complexity index is 642. The second-order valence-electron chi connectivity index (χ2n) is 12.0. The zero-order valence-electron chi connectivity index (χ0n) is 27.8. The van der Waals surface area contributed by atoms with Crippen LogP contribution in [0.1, 0.15) is 181 Å². The van der Waals surface area contributed by atoms with Crippen LogP contribution < -0.4 is 0 Å². The summed E-state index contributed by atoms with van der Waals surface area (Å²) >= 11 is 0. The van der Waals surface area contributed by atoms with Crippen molar-refractivity contribution in [3.05, 3.63) is 24.3 Å². The molecule has 0 heterocycles. The lowest BCUT2D eigenvalue weighted by Crippen LogP contribution is -2.28. The van der Waals surface area contributed by atoms with Crippen molar-refractivity contribution < 1.29 is 24.2 Å². The molecule has 0 aliphatic rings. The van der Waals surface area contributed by atoms with Gasteiger partial charge in [0.25, 0.3) is 0 Å². The summed E-state index contributed by atoms with van der Waals surface area (Å²) < 4.78 is 10.6. The summed E-state index contributed by atoms with van der Waals surface area (Å²) in [5.41, 5.74) is 0.